The molecule has 0 bridgehead atoms. The maximum absolute atomic E-state index is 13.3. The first kappa shape index (κ1) is 20.2. The minimum atomic E-state index is -3.56. The molecule has 0 aliphatic carbocycles. The van der Waals surface area contributed by atoms with Crippen LogP contribution in [0.15, 0.2) is 70.9 Å². The predicted octanol–water partition coefficient (Wildman–Crippen LogP) is 4.59. The Labute approximate surface area is 168 Å². The second-order valence-electron chi connectivity index (χ2n) is 6.42. The number of nitrogens with zero attached hydrogens (tertiary/aromatic N) is 1. The SMILES string of the molecule is Cc1ccc(S(=O)(=O)CCC(=O)N(Cc2cccs2)c2ccc(F)cc2)cc1. The normalized spacial score (nSPS) is 11.4. The predicted molar refractivity (Wildman–Crippen MR) is 110 cm³/mol. The highest BCUT2D eigenvalue weighted by atomic mass is 32.2. The second-order valence-corrected chi connectivity index (χ2v) is 9.56. The van der Waals surface area contributed by atoms with Gasteiger partial charge >= 0.3 is 0 Å². The van der Waals surface area contributed by atoms with Crippen molar-refractivity contribution in [3.8, 4) is 0 Å². The molecule has 0 radical (unpaired) electrons. The Balaban J connectivity index is 1.77. The number of hydrogen-bond donors (Lipinski definition) is 0. The Kier molecular flexibility index (Phi) is 6.26. The molecule has 1 heterocycles. The summed E-state index contributed by atoms with van der Waals surface area (Å²) in [6.07, 6.45) is -0.154. The molecule has 1 amide bonds. The van der Waals surface area contributed by atoms with E-state index in [1.165, 1.54) is 40.5 Å². The van der Waals surface area contributed by atoms with Gasteiger partial charge in [-0.15, -0.1) is 11.3 Å². The number of sulfone groups is 1. The van der Waals surface area contributed by atoms with Crippen LogP contribution in [0.2, 0.25) is 0 Å². The van der Waals surface area contributed by atoms with Gasteiger partial charge in [-0.3, -0.25) is 4.79 Å². The van der Waals surface area contributed by atoms with E-state index in [0.29, 0.717) is 12.2 Å². The van der Waals surface area contributed by atoms with Crippen LogP contribution in [0.1, 0.15) is 16.9 Å². The van der Waals surface area contributed by atoms with Crippen LogP contribution in [0.4, 0.5) is 10.1 Å². The molecule has 3 aromatic rings. The van der Waals surface area contributed by atoms with Crippen LogP contribution in [0.5, 0.6) is 0 Å². The molecule has 2 aromatic carbocycles. The van der Waals surface area contributed by atoms with E-state index in [9.17, 15) is 17.6 Å². The molecule has 28 heavy (non-hydrogen) atoms. The number of hydrogen-bond acceptors (Lipinski definition) is 4. The molecule has 0 spiro atoms. The zero-order chi connectivity index (χ0) is 20.1. The molecule has 0 aliphatic rings. The maximum atomic E-state index is 13.3. The number of amides is 1. The zero-order valence-corrected chi connectivity index (χ0v) is 17.0. The standard InChI is InChI=1S/C21H20FNO3S2/c1-16-4-10-20(11-5-16)28(25,26)14-12-21(24)23(15-19-3-2-13-27-19)18-8-6-17(22)7-9-18/h2-11,13H,12,14-15H2,1H3. The average Bonchev–Trinajstić information content (AvgIpc) is 3.19. The minimum Gasteiger partial charge on any atom is -0.307 e. The Morgan fingerprint density at radius 2 is 1.71 bits per heavy atom. The lowest BCUT2D eigenvalue weighted by atomic mass is 10.2. The quantitative estimate of drug-likeness (QED) is 0.565. The smallest absolute Gasteiger partial charge is 0.228 e. The van der Waals surface area contributed by atoms with Crippen molar-refractivity contribution in [1.82, 2.24) is 0 Å². The van der Waals surface area contributed by atoms with Gasteiger partial charge in [0, 0.05) is 17.0 Å². The fourth-order valence-corrected chi connectivity index (χ4v) is 4.65. The van der Waals surface area contributed by atoms with Crippen LogP contribution < -0.4 is 4.90 Å². The van der Waals surface area contributed by atoms with E-state index in [-0.39, 0.29) is 23.0 Å². The molecule has 1 aromatic heterocycles. The fraction of sp³-hybridized carbons (Fsp3) is 0.190. The summed E-state index contributed by atoms with van der Waals surface area (Å²) in [4.78, 5) is 15.5. The summed E-state index contributed by atoms with van der Waals surface area (Å²) in [5.41, 5.74) is 1.50. The van der Waals surface area contributed by atoms with Gasteiger partial charge in [-0.05, 0) is 54.8 Å². The third-order valence-electron chi connectivity index (χ3n) is 4.30. The van der Waals surface area contributed by atoms with Crippen LogP contribution >= 0.6 is 11.3 Å². The Morgan fingerprint density at radius 1 is 1.04 bits per heavy atom. The minimum absolute atomic E-state index is 0.154. The summed E-state index contributed by atoms with van der Waals surface area (Å²) < 4.78 is 38.4. The molecule has 146 valence electrons. The number of rotatable bonds is 7. The molecular weight excluding hydrogens is 397 g/mol. The van der Waals surface area contributed by atoms with Crippen molar-refractivity contribution in [2.45, 2.75) is 24.8 Å². The number of thiophene rings is 1. The molecular formula is C21H20FNO3S2. The first-order valence-corrected chi connectivity index (χ1v) is 11.3. The number of aryl methyl sites for hydroxylation is 1. The van der Waals surface area contributed by atoms with Crippen molar-refractivity contribution in [2.75, 3.05) is 10.7 Å². The first-order valence-electron chi connectivity index (χ1n) is 8.73. The summed E-state index contributed by atoms with van der Waals surface area (Å²) in [7, 11) is -3.56. The third kappa shape index (κ3) is 5.05. The van der Waals surface area contributed by atoms with E-state index >= 15 is 0 Å². The van der Waals surface area contributed by atoms with E-state index in [1.807, 2.05) is 24.4 Å². The van der Waals surface area contributed by atoms with Crippen molar-refractivity contribution >= 4 is 32.8 Å². The number of carbonyl (C=O) groups excluding carboxylic acids is 1. The monoisotopic (exact) mass is 417 g/mol. The number of anilines is 1. The highest BCUT2D eigenvalue weighted by Gasteiger charge is 2.21. The lowest BCUT2D eigenvalue weighted by Crippen LogP contribution is -2.31. The van der Waals surface area contributed by atoms with E-state index < -0.39 is 15.7 Å². The van der Waals surface area contributed by atoms with E-state index in [1.54, 1.807) is 24.3 Å². The number of benzene rings is 2. The zero-order valence-electron chi connectivity index (χ0n) is 15.3. The lowest BCUT2D eigenvalue weighted by Gasteiger charge is -2.22. The van der Waals surface area contributed by atoms with Gasteiger partial charge in [0.15, 0.2) is 9.84 Å². The Bertz CT molecular complexity index is 1030. The molecule has 0 saturated carbocycles. The van der Waals surface area contributed by atoms with Gasteiger partial charge in [-0.2, -0.15) is 0 Å². The van der Waals surface area contributed by atoms with E-state index in [2.05, 4.69) is 0 Å². The molecule has 0 aliphatic heterocycles. The van der Waals surface area contributed by atoms with E-state index in [0.717, 1.165) is 10.4 Å². The summed E-state index contributed by atoms with van der Waals surface area (Å²) >= 11 is 1.50. The van der Waals surface area contributed by atoms with Crippen molar-refractivity contribution in [2.24, 2.45) is 0 Å². The summed E-state index contributed by atoms with van der Waals surface area (Å²) in [6.45, 7) is 2.19. The van der Waals surface area contributed by atoms with Crippen LogP contribution in [-0.4, -0.2) is 20.1 Å². The maximum Gasteiger partial charge on any atom is 0.228 e. The van der Waals surface area contributed by atoms with Crippen LogP contribution in [0, 0.1) is 12.7 Å². The number of halogens is 1. The topological polar surface area (TPSA) is 54.5 Å². The van der Waals surface area contributed by atoms with Gasteiger partial charge in [-0.1, -0.05) is 23.8 Å². The molecule has 0 unspecified atom stereocenters. The summed E-state index contributed by atoms with van der Waals surface area (Å²) in [5.74, 6) is -0.998. The largest absolute Gasteiger partial charge is 0.307 e. The van der Waals surface area contributed by atoms with Crippen molar-refractivity contribution in [3.05, 3.63) is 82.3 Å². The molecule has 7 heteroatoms. The number of carbonyl (C=O) groups is 1. The van der Waals surface area contributed by atoms with Gasteiger partial charge in [0.25, 0.3) is 0 Å². The third-order valence-corrected chi connectivity index (χ3v) is 6.89. The van der Waals surface area contributed by atoms with Gasteiger partial charge in [-0.25, -0.2) is 12.8 Å². The Hall–Kier alpha value is -2.51. The van der Waals surface area contributed by atoms with Crippen molar-refractivity contribution in [1.29, 1.82) is 0 Å². The van der Waals surface area contributed by atoms with Crippen LogP contribution in [-0.2, 0) is 21.2 Å². The highest BCUT2D eigenvalue weighted by Crippen LogP contribution is 2.22. The van der Waals surface area contributed by atoms with Gasteiger partial charge in [0.2, 0.25) is 5.91 Å². The van der Waals surface area contributed by atoms with Crippen LogP contribution in [0.3, 0.4) is 0 Å². The molecule has 0 saturated heterocycles. The summed E-state index contributed by atoms with van der Waals surface area (Å²) in [5, 5.41) is 1.91. The van der Waals surface area contributed by atoms with Gasteiger partial charge < -0.3 is 4.90 Å². The fourth-order valence-electron chi connectivity index (χ4n) is 2.72. The lowest BCUT2D eigenvalue weighted by molar-refractivity contribution is -0.118. The highest BCUT2D eigenvalue weighted by molar-refractivity contribution is 7.91. The van der Waals surface area contributed by atoms with Crippen molar-refractivity contribution in [3.63, 3.8) is 0 Å². The van der Waals surface area contributed by atoms with Gasteiger partial charge in [0.05, 0.1) is 17.2 Å². The molecule has 3 rings (SSSR count). The van der Waals surface area contributed by atoms with Crippen molar-refractivity contribution < 1.29 is 17.6 Å². The molecule has 0 atom stereocenters. The Morgan fingerprint density at radius 3 is 2.32 bits per heavy atom. The van der Waals surface area contributed by atoms with Gasteiger partial charge in [0.1, 0.15) is 5.82 Å². The summed E-state index contributed by atoms with van der Waals surface area (Å²) in [6, 6.07) is 16.0. The van der Waals surface area contributed by atoms with Crippen LogP contribution in [0.25, 0.3) is 0 Å². The second kappa shape index (κ2) is 8.67. The van der Waals surface area contributed by atoms with E-state index in [4.69, 9.17) is 0 Å². The average molecular weight is 418 g/mol. The molecule has 4 nitrogen and oxygen atoms in total. The molecule has 0 fully saturated rings. The molecule has 0 N–H and O–H groups in total. The first-order chi connectivity index (χ1) is 13.3.